The molecule has 4 fully saturated rings. The van der Waals surface area contributed by atoms with Crippen molar-refractivity contribution in [1.82, 2.24) is 14.7 Å². The molecule has 0 spiro atoms. The second-order valence-corrected chi connectivity index (χ2v) is 9.20. The second-order valence-electron chi connectivity index (χ2n) is 9.20. The van der Waals surface area contributed by atoms with E-state index in [0.29, 0.717) is 5.69 Å². The third kappa shape index (κ3) is 3.38. The van der Waals surface area contributed by atoms with E-state index >= 15 is 0 Å². The van der Waals surface area contributed by atoms with Gasteiger partial charge in [0.1, 0.15) is 11.5 Å². The monoisotopic (exact) mass is 395 g/mol. The Morgan fingerprint density at radius 2 is 1.66 bits per heavy atom. The number of carbonyl (C=O) groups is 1. The van der Waals surface area contributed by atoms with Crippen molar-refractivity contribution < 1.29 is 14.3 Å². The molecule has 1 heterocycles. The lowest BCUT2D eigenvalue weighted by Crippen LogP contribution is -2.60. The van der Waals surface area contributed by atoms with Gasteiger partial charge in [0.05, 0.1) is 7.11 Å². The summed E-state index contributed by atoms with van der Waals surface area (Å²) in [4.78, 5) is 15.2. The summed E-state index contributed by atoms with van der Waals surface area (Å²) in [7, 11) is 3.63. The maximum absolute atomic E-state index is 13.2. The quantitative estimate of drug-likeness (QED) is 0.743. The van der Waals surface area contributed by atoms with Gasteiger partial charge in [-0.05, 0) is 86.6 Å². The van der Waals surface area contributed by atoms with Crippen molar-refractivity contribution in [3.05, 3.63) is 42.2 Å². The number of nitrogens with zero attached hydrogens (tertiary/aromatic N) is 3. The summed E-state index contributed by atoms with van der Waals surface area (Å²) in [6.45, 7) is 0.265. The van der Waals surface area contributed by atoms with Gasteiger partial charge in [0.25, 0.3) is 5.91 Å². The molecule has 0 saturated heterocycles. The SMILES string of the molecule is COc1ccc(OCn2ccc(C(=O)N(C)C34CC5CC(CC(C5)C3)C4)n2)cc1. The molecule has 1 aromatic heterocycles. The standard InChI is InChI=1S/C23H29N3O3/c1-25(23-12-16-9-17(13-23)11-18(10-16)14-23)22(27)21-7-8-26(24-21)15-29-20-5-3-19(28-2)4-6-20/h3-8,16-18H,9-15H2,1-2H3. The molecule has 1 aromatic carbocycles. The Hall–Kier alpha value is -2.50. The van der Waals surface area contributed by atoms with Gasteiger partial charge in [-0.3, -0.25) is 4.79 Å². The van der Waals surface area contributed by atoms with Gasteiger partial charge in [-0.1, -0.05) is 0 Å². The van der Waals surface area contributed by atoms with E-state index in [2.05, 4.69) is 5.10 Å². The fourth-order valence-electron chi connectivity index (χ4n) is 6.22. The van der Waals surface area contributed by atoms with Crippen molar-refractivity contribution in [1.29, 1.82) is 0 Å². The minimum Gasteiger partial charge on any atom is -0.497 e. The lowest BCUT2D eigenvalue weighted by Gasteiger charge is -2.59. The van der Waals surface area contributed by atoms with E-state index in [-0.39, 0.29) is 18.2 Å². The number of aromatic nitrogens is 2. The number of hydrogen-bond acceptors (Lipinski definition) is 4. The molecule has 0 radical (unpaired) electrons. The highest BCUT2D eigenvalue weighted by Gasteiger charge is 2.53. The van der Waals surface area contributed by atoms with Crippen LogP contribution in [0.4, 0.5) is 0 Å². The predicted molar refractivity (Wildman–Crippen MR) is 109 cm³/mol. The normalized spacial score (nSPS) is 29.7. The molecule has 4 aliphatic rings. The Morgan fingerprint density at radius 3 is 2.24 bits per heavy atom. The lowest BCUT2D eigenvalue weighted by atomic mass is 9.52. The van der Waals surface area contributed by atoms with E-state index in [1.807, 2.05) is 42.4 Å². The van der Waals surface area contributed by atoms with Gasteiger partial charge in [-0.2, -0.15) is 5.10 Å². The Balaban J connectivity index is 1.24. The van der Waals surface area contributed by atoms with Crippen LogP contribution in [0.15, 0.2) is 36.5 Å². The number of methoxy groups -OCH3 is 1. The Morgan fingerprint density at radius 1 is 1.07 bits per heavy atom. The van der Waals surface area contributed by atoms with Crippen molar-refractivity contribution in [2.75, 3.05) is 14.2 Å². The first kappa shape index (κ1) is 18.5. The molecule has 6 nitrogen and oxygen atoms in total. The van der Waals surface area contributed by atoms with Crippen LogP contribution in [0.1, 0.15) is 49.0 Å². The summed E-state index contributed by atoms with van der Waals surface area (Å²) < 4.78 is 12.6. The maximum Gasteiger partial charge on any atom is 0.274 e. The molecule has 0 unspecified atom stereocenters. The summed E-state index contributed by atoms with van der Waals surface area (Å²) in [5, 5.41) is 4.48. The summed E-state index contributed by atoms with van der Waals surface area (Å²) in [6, 6.07) is 9.22. The van der Waals surface area contributed by atoms with E-state index in [4.69, 9.17) is 9.47 Å². The van der Waals surface area contributed by atoms with Gasteiger partial charge in [0.2, 0.25) is 0 Å². The third-order valence-electron chi connectivity index (χ3n) is 7.30. The number of hydrogen-bond donors (Lipinski definition) is 0. The van der Waals surface area contributed by atoms with Crippen LogP contribution in [0.25, 0.3) is 0 Å². The molecule has 0 aliphatic heterocycles. The summed E-state index contributed by atoms with van der Waals surface area (Å²) in [6.07, 6.45) is 9.44. The van der Waals surface area contributed by atoms with Crippen molar-refractivity contribution in [3.8, 4) is 11.5 Å². The van der Waals surface area contributed by atoms with Crippen molar-refractivity contribution >= 4 is 5.91 Å². The van der Waals surface area contributed by atoms with E-state index in [0.717, 1.165) is 29.3 Å². The molecule has 4 aliphatic carbocycles. The summed E-state index contributed by atoms with van der Waals surface area (Å²) in [5.41, 5.74) is 0.552. The molecule has 29 heavy (non-hydrogen) atoms. The van der Waals surface area contributed by atoms with Crippen LogP contribution in [0.2, 0.25) is 0 Å². The zero-order valence-corrected chi connectivity index (χ0v) is 17.2. The van der Waals surface area contributed by atoms with E-state index < -0.39 is 0 Å². The highest BCUT2D eigenvalue weighted by Crippen LogP contribution is 2.57. The smallest absolute Gasteiger partial charge is 0.274 e. The van der Waals surface area contributed by atoms with Crippen molar-refractivity contribution in [2.24, 2.45) is 17.8 Å². The largest absolute Gasteiger partial charge is 0.497 e. The zero-order valence-electron chi connectivity index (χ0n) is 17.2. The van der Waals surface area contributed by atoms with Gasteiger partial charge in [-0.25, -0.2) is 4.68 Å². The molecule has 0 atom stereocenters. The average molecular weight is 396 g/mol. The van der Waals surface area contributed by atoms with Crippen LogP contribution in [0, 0.1) is 17.8 Å². The highest BCUT2D eigenvalue weighted by molar-refractivity contribution is 5.92. The van der Waals surface area contributed by atoms with Crippen LogP contribution < -0.4 is 9.47 Å². The van der Waals surface area contributed by atoms with Crippen LogP contribution in [0.3, 0.4) is 0 Å². The molecule has 2 aromatic rings. The number of rotatable bonds is 6. The number of benzene rings is 1. The first-order chi connectivity index (χ1) is 14.0. The van der Waals surface area contributed by atoms with E-state index in [1.54, 1.807) is 17.9 Å². The Kier molecular flexibility index (Phi) is 4.52. The Labute approximate surface area is 171 Å². The zero-order chi connectivity index (χ0) is 20.0. The number of carbonyl (C=O) groups excluding carboxylic acids is 1. The molecular weight excluding hydrogens is 366 g/mol. The summed E-state index contributed by atoms with van der Waals surface area (Å²) >= 11 is 0. The van der Waals surface area contributed by atoms with Gasteiger partial charge >= 0.3 is 0 Å². The summed E-state index contributed by atoms with van der Waals surface area (Å²) in [5.74, 6) is 4.00. The lowest BCUT2D eigenvalue weighted by molar-refractivity contribution is -0.0667. The molecule has 1 amide bonds. The predicted octanol–water partition coefficient (Wildman–Crippen LogP) is 3.97. The van der Waals surface area contributed by atoms with Crippen molar-refractivity contribution in [3.63, 3.8) is 0 Å². The fourth-order valence-corrected chi connectivity index (χ4v) is 6.22. The maximum atomic E-state index is 13.2. The first-order valence-electron chi connectivity index (χ1n) is 10.6. The highest BCUT2D eigenvalue weighted by atomic mass is 16.5. The van der Waals surface area contributed by atoms with E-state index in [1.165, 1.54) is 38.5 Å². The second kappa shape index (κ2) is 7.08. The van der Waals surface area contributed by atoms with Crippen LogP contribution in [-0.4, -0.2) is 40.3 Å². The molecule has 6 heteroatoms. The van der Waals surface area contributed by atoms with Gasteiger partial charge in [0, 0.05) is 18.8 Å². The van der Waals surface area contributed by atoms with Gasteiger partial charge in [0.15, 0.2) is 12.4 Å². The third-order valence-corrected chi connectivity index (χ3v) is 7.30. The van der Waals surface area contributed by atoms with Crippen LogP contribution in [-0.2, 0) is 6.73 Å². The first-order valence-corrected chi connectivity index (χ1v) is 10.6. The minimum absolute atomic E-state index is 0.0372. The van der Waals surface area contributed by atoms with Crippen LogP contribution in [0.5, 0.6) is 11.5 Å². The molecule has 4 saturated carbocycles. The van der Waals surface area contributed by atoms with Crippen molar-refractivity contribution in [2.45, 2.75) is 50.8 Å². The van der Waals surface area contributed by atoms with Gasteiger partial charge in [-0.15, -0.1) is 0 Å². The number of amides is 1. The molecule has 154 valence electrons. The van der Waals surface area contributed by atoms with Crippen LogP contribution >= 0.6 is 0 Å². The van der Waals surface area contributed by atoms with Gasteiger partial charge < -0.3 is 14.4 Å². The molecule has 4 bridgehead atoms. The molecule has 6 rings (SSSR count). The molecular formula is C23H29N3O3. The Bertz CT molecular complexity index is 854. The molecule has 0 N–H and O–H groups in total. The topological polar surface area (TPSA) is 56.6 Å². The minimum atomic E-state index is 0.0372. The average Bonchev–Trinajstić information content (AvgIpc) is 3.19. The fraction of sp³-hybridized carbons (Fsp3) is 0.565. The number of ether oxygens (including phenoxy) is 2. The van der Waals surface area contributed by atoms with E-state index in [9.17, 15) is 4.79 Å².